The first-order valence-electron chi connectivity index (χ1n) is 13.8. The largest absolute Gasteiger partial charge is 0.497 e. The summed E-state index contributed by atoms with van der Waals surface area (Å²) in [6, 6.07) is 8.77. The van der Waals surface area contributed by atoms with Crippen LogP contribution in [-0.4, -0.2) is 51.7 Å². The van der Waals surface area contributed by atoms with Crippen LogP contribution in [0, 0.1) is 0 Å². The van der Waals surface area contributed by atoms with Gasteiger partial charge >= 0.3 is 5.69 Å². The molecule has 0 saturated carbocycles. The lowest BCUT2D eigenvalue weighted by Gasteiger charge is -2.39. The Labute approximate surface area is 235 Å². The number of rotatable bonds is 9. The smallest absolute Gasteiger partial charge is 0.333 e. The van der Waals surface area contributed by atoms with Crippen molar-refractivity contribution in [2.24, 2.45) is 0 Å². The molecule has 10 heteroatoms. The average molecular weight is 577 g/mol. The third-order valence-electron chi connectivity index (χ3n) is 8.70. The zero-order chi connectivity index (χ0) is 29.4. The van der Waals surface area contributed by atoms with E-state index in [-0.39, 0.29) is 34.4 Å². The van der Waals surface area contributed by atoms with Crippen LogP contribution >= 0.6 is 0 Å². The summed E-state index contributed by atoms with van der Waals surface area (Å²) in [4.78, 5) is 26.5. The predicted octanol–water partition coefficient (Wildman–Crippen LogP) is 5.77. The maximum atomic E-state index is 13.7. The van der Waals surface area contributed by atoms with Crippen LogP contribution in [0.4, 0.5) is 0 Å². The van der Waals surface area contributed by atoms with Gasteiger partial charge in [0.05, 0.1) is 32.5 Å². The third kappa shape index (κ3) is 7.21. The molecule has 1 aliphatic heterocycles. The highest BCUT2D eigenvalue weighted by atomic mass is 28.4. The Kier molecular flexibility index (Phi) is 9.28. The van der Waals surface area contributed by atoms with Crippen molar-refractivity contribution in [3.05, 3.63) is 62.9 Å². The van der Waals surface area contributed by atoms with Crippen LogP contribution in [0.15, 0.2) is 46.1 Å². The molecule has 1 aromatic heterocycles. The van der Waals surface area contributed by atoms with E-state index >= 15 is 0 Å². The van der Waals surface area contributed by atoms with Gasteiger partial charge in [0.15, 0.2) is 22.9 Å². The first-order chi connectivity index (χ1) is 17.9. The Bertz CT molecular complexity index is 1240. The van der Waals surface area contributed by atoms with Crippen molar-refractivity contribution in [3.63, 3.8) is 0 Å². The van der Waals surface area contributed by atoms with Crippen LogP contribution in [0.5, 0.6) is 5.75 Å². The number of ether oxygens (including phenoxy) is 2. The van der Waals surface area contributed by atoms with E-state index in [1.807, 2.05) is 24.3 Å². The monoisotopic (exact) mass is 576 g/mol. The number of methoxy groups -OCH3 is 1. The van der Waals surface area contributed by atoms with Crippen molar-refractivity contribution in [1.82, 2.24) is 9.13 Å². The fraction of sp³-hybridized carbons (Fsp3) is 0.655. The van der Waals surface area contributed by atoms with Gasteiger partial charge in [0.25, 0.3) is 5.56 Å². The molecule has 8 nitrogen and oxygen atoms in total. The van der Waals surface area contributed by atoms with Gasteiger partial charge in [-0.2, -0.15) is 0 Å². The lowest BCUT2D eigenvalue weighted by atomic mass is 10.2. The van der Waals surface area contributed by atoms with E-state index in [9.17, 15) is 9.59 Å². The minimum Gasteiger partial charge on any atom is -0.497 e. The molecule has 0 spiro atoms. The first kappa shape index (κ1) is 31.5. The molecule has 1 saturated heterocycles. The highest BCUT2D eigenvalue weighted by Crippen LogP contribution is 2.42. The first-order valence-corrected chi connectivity index (χ1v) is 19.6. The van der Waals surface area contributed by atoms with E-state index in [2.05, 4.69) is 67.7 Å². The van der Waals surface area contributed by atoms with Crippen molar-refractivity contribution in [2.75, 3.05) is 13.7 Å². The Morgan fingerprint density at radius 2 is 1.51 bits per heavy atom. The standard InChI is InChI=1S/C29H48N2O6Si2/c1-28(2,3)38(8,9)35-20-23-18-24(37-39(10,11)29(4,5)6)26(36-23)30-17-16-25(32)31(27(30)33)19-21-12-14-22(34-7)15-13-21/h12-17,23-24,26H,18-20H2,1-11H3/t23-,24+,26+/m0/s1. The average Bonchev–Trinajstić information content (AvgIpc) is 3.21. The van der Waals surface area contributed by atoms with E-state index in [0.29, 0.717) is 18.8 Å². The topological polar surface area (TPSA) is 80.9 Å². The zero-order valence-electron chi connectivity index (χ0n) is 25.7. The fourth-order valence-electron chi connectivity index (χ4n) is 4.03. The quantitative estimate of drug-likeness (QED) is 0.353. The van der Waals surface area contributed by atoms with Crippen molar-refractivity contribution in [3.8, 4) is 5.75 Å². The van der Waals surface area contributed by atoms with Gasteiger partial charge in [-0.05, 0) is 54.0 Å². The van der Waals surface area contributed by atoms with Crippen LogP contribution in [0.3, 0.4) is 0 Å². The van der Waals surface area contributed by atoms with Gasteiger partial charge < -0.3 is 18.3 Å². The Morgan fingerprint density at radius 1 is 0.923 bits per heavy atom. The Balaban J connectivity index is 1.94. The van der Waals surface area contributed by atoms with Crippen molar-refractivity contribution in [1.29, 1.82) is 0 Å². The van der Waals surface area contributed by atoms with Crippen LogP contribution in [0.25, 0.3) is 0 Å². The molecule has 3 rings (SSSR count). The van der Waals surface area contributed by atoms with Crippen LogP contribution in [-0.2, 0) is 20.1 Å². The molecule has 1 aromatic carbocycles. The van der Waals surface area contributed by atoms with Gasteiger partial charge in [-0.1, -0.05) is 53.7 Å². The highest BCUT2D eigenvalue weighted by Gasteiger charge is 2.46. The normalized spacial score (nSPS) is 20.8. The second kappa shape index (κ2) is 11.5. The summed E-state index contributed by atoms with van der Waals surface area (Å²) < 4.78 is 27.8. The lowest BCUT2D eigenvalue weighted by molar-refractivity contribution is -0.0493. The molecular weight excluding hydrogens is 528 g/mol. The molecule has 0 aliphatic carbocycles. The molecule has 39 heavy (non-hydrogen) atoms. The van der Waals surface area contributed by atoms with Crippen LogP contribution in [0.2, 0.25) is 36.3 Å². The summed E-state index contributed by atoms with van der Waals surface area (Å²) >= 11 is 0. The molecule has 0 radical (unpaired) electrons. The number of nitrogens with zero attached hydrogens (tertiary/aromatic N) is 2. The lowest BCUT2D eigenvalue weighted by Crippen LogP contribution is -2.47. The van der Waals surface area contributed by atoms with Gasteiger partial charge in [0.1, 0.15) is 5.75 Å². The van der Waals surface area contributed by atoms with Gasteiger partial charge in [0, 0.05) is 18.7 Å². The van der Waals surface area contributed by atoms with Gasteiger partial charge in [-0.3, -0.25) is 13.9 Å². The molecule has 2 aromatic rings. The van der Waals surface area contributed by atoms with Gasteiger partial charge in [-0.15, -0.1) is 0 Å². The van der Waals surface area contributed by atoms with Crippen LogP contribution in [0.1, 0.15) is 59.8 Å². The minimum absolute atomic E-state index is 0.00854. The summed E-state index contributed by atoms with van der Waals surface area (Å²) in [7, 11) is -2.57. The summed E-state index contributed by atoms with van der Waals surface area (Å²) in [5.41, 5.74) is 0.0534. The number of hydrogen-bond acceptors (Lipinski definition) is 6. The molecule has 3 atom stereocenters. The molecule has 0 N–H and O–H groups in total. The Morgan fingerprint density at radius 3 is 2.05 bits per heavy atom. The van der Waals surface area contributed by atoms with Crippen LogP contribution < -0.4 is 16.0 Å². The predicted molar refractivity (Wildman–Crippen MR) is 161 cm³/mol. The molecule has 2 heterocycles. The zero-order valence-corrected chi connectivity index (χ0v) is 27.7. The number of benzene rings is 1. The summed E-state index contributed by atoms with van der Waals surface area (Å²) in [5.74, 6) is 0.715. The molecule has 0 unspecified atom stereocenters. The molecule has 1 aliphatic rings. The van der Waals surface area contributed by atoms with E-state index in [1.54, 1.807) is 13.3 Å². The molecule has 0 amide bonds. The molecule has 0 bridgehead atoms. The Hall–Kier alpha value is -1.99. The fourth-order valence-corrected chi connectivity index (χ4v) is 6.39. The molecular formula is C29H48N2O6Si2. The second-order valence-electron chi connectivity index (χ2n) is 13.7. The summed E-state index contributed by atoms with van der Waals surface area (Å²) in [5, 5.41) is 0.0708. The second-order valence-corrected chi connectivity index (χ2v) is 23.2. The van der Waals surface area contributed by atoms with Crippen molar-refractivity contribution >= 4 is 16.6 Å². The summed E-state index contributed by atoms with van der Waals surface area (Å²) in [6.07, 6.45) is 0.966. The minimum atomic E-state index is -2.18. The molecule has 1 fully saturated rings. The van der Waals surface area contributed by atoms with E-state index in [0.717, 1.165) is 5.56 Å². The van der Waals surface area contributed by atoms with Gasteiger partial charge in [-0.25, -0.2) is 4.79 Å². The number of aromatic nitrogens is 2. The van der Waals surface area contributed by atoms with Gasteiger partial charge in [0.2, 0.25) is 0 Å². The van der Waals surface area contributed by atoms with E-state index in [4.69, 9.17) is 18.3 Å². The van der Waals surface area contributed by atoms with Crippen molar-refractivity contribution in [2.45, 2.75) is 109 Å². The van der Waals surface area contributed by atoms with E-state index < -0.39 is 28.6 Å². The summed E-state index contributed by atoms with van der Waals surface area (Å²) in [6.45, 7) is 22.7. The maximum absolute atomic E-state index is 13.7. The van der Waals surface area contributed by atoms with E-state index in [1.165, 1.54) is 15.2 Å². The van der Waals surface area contributed by atoms with Crippen molar-refractivity contribution < 1.29 is 18.3 Å². The maximum Gasteiger partial charge on any atom is 0.333 e. The number of hydrogen-bond donors (Lipinski definition) is 0. The third-order valence-corrected chi connectivity index (χ3v) is 17.7. The highest BCUT2D eigenvalue weighted by molar-refractivity contribution is 6.74. The molecule has 218 valence electrons. The SMILES string of the molecule is COc1ccc(Cn2c(=O)ccn([C@@H]3O[C@H](CO[Si](C)(C)C(C)(C)C)C[C@H]3O[Si](C)(C)C(C)(C)C)c2=O)cc1.